The molecular weight excluding hydrogens is 208 g/mol. The van der Waals surface area contributed by atoms with Crippen molar-refractivity contribution in [2.75, 3.05) is 0 Å². The van der Waals surface area contributed by atoms with Crippen molar-refractivity contribution in [3.05, 3.63) is 77.5 Å². The molecule has 0 saturated carbocycles. The molecule has 0 bridgehead atoms. The second-order valence-electron chi connectivity index (χ2n) is 3.87. The standard InChI is InChI=1S/C16H12O/c1-2-7-14(8-3-1)16-12-15-9-5-4-6-13(15)10-11-17-16/h1-12H/i11D. The van der Waals surface area contributed by atoms with Gasteiger partial charge in [0.1, 0.15) is 7.13 Å². The highest BCUT2D eigenvalue weighted by Crippen LogP contribution is 2.25. The lowest BCUT2D eigenvalue weighted by Gasteiger charge is -2.05. The molecule has 0 spiro atoms. The van der Waals surface area contributed by atoms with E-state index in [1.54, 1.807) is 6.08 Å². The summed E-state index contributed by atoms with van der Waals surface area (Å²) in [7, 11) is 0. The zero-order valence-corrected chi connectivity index (χ0v) is 9.26. The highest BCUT2D eigenvalue weighted by atomic mass is 16.5. The molecule has 17 heavy (non-hydrogen) atoms. The molecule has 0 atom stereocenters. The number of rotatable bonds is 1. The minimum Gasteiger partial charge on any atom is -0.464 e. The van der Waals surface area contributed by atoms with Gasteiger partial charge >= 0.3 is 0 Å². The Morgan fingerprint density at radius 1 is 0.824 bits per heavy atom. The lowest BCUT2D eigenvalue weighted by atomic mass is 10.1. The summed E-state index contributed by atoms with van der Waals surface area (Å²) in [5, 5.41) is 0. The third-order valence-corrected chi connectivity index (χ3v) is 2.72. The third-order valence-electron chi connectivity index (χ3n) is 2.72. The van der Waals surface area contributed by atoms with Crippen molar-refractivity contribution in [2.24, 2.45) is 0 Å². The first kappa shape index (κ1) is 8.82. The molecule has 0 fully saturated rings. The molecule has 0 unspecified atom stereocenters. The van der Waals surface area contributed by atoms with Crippen LogP contribution in [0.15, 0.2) is 60.8 Å². The summed E-state index contributed by atoms with van der Waals surface area (Å²) in [6.45, 7) is 0. The summed E-state index contributed by atoms with van der Waals surface area (Å²) >= 11 is 0. The van der Waals surface area contributed by atoms with Crippen LogP contribution in [-0.2, 0) is 4.74 Å². The van der Waals surface area contributed by atoms with Crippen molar-refractivity contribution < 1.29 is 6.11 Å². The van der Waals surface area contributed by atoms with Gasteiger partial charge in [0.05, 0.1) is 6.24 Å². The van der Waals surface area contributed by atoms with Gasteiger partial charge in [-0.25, -0.2) is 0 Å². The van der Waals surface area contributed by atoms with Crippen molar-refractivity contribution in [2.45, 2.75) is 0 Å². The largest absolute Gasteiger partial charge is 0.464 e. The Hall–Kier alpha value is -2.28. The minimum atomic E-state index is 0.162. The fourth-order valence-electron chi connectivity index (χ4n) is 1.85. The predicted octanol–water partition coefficient (Wildman–Crippen LogP) is 4.19. The van der Waals surface area contributed by atoms with E-state index in [0.717, 1.165) is 16.7 Å². The quantitative estimate of drug-likeness (QED) is 0.701. The summed E-state index contributed by atoms with van der Waals surface area (Å²) in [6, 6.07) is 17.8. The highest BCUT2D eigenvalue weighted by molar-refractivity contribution is 5.82. The molecule has 0 radical (unpaired) electrons. The first-order valence-corrected chi connectivity index (χ1v) is 5.55. The molecular formula is C16H12O. The van der Waals surface area contributed by atoms with Crippen LogP contribution in [0.25, 0.3) is 17.9 Å². The average Bonchev–Trinajstić information content (AvgIpc) is 2.57. The van der Waals surface area contributed by atoms with Crippen LogP contribution in [0.5, 0.6) is 0 Å². The van der Waals surface area contributed by atoms with Gasteiger partial charge in [0, 0.05) is 5.56 Å². The topological polar surface area (TPSA) is 9.23 Å². The summed E-state index contributed by atoms with van der Waals surface area (Å²) < 4.78 is 13.4. The molecule has 1 nitrogen and oxygen atoms in total. The highest BCUT2D eigenvalue weighted by Gasteiger charge is 2.06. The van der Waals surface area contributed by atoms with Gasteiger partial charge in [0.2, 0.25) is 0 Å². The second-order valence-corrected chi connectivity index (χ2v) is 3.87. The van der Waals surface area contributed by atoms with Crippen molar-refractivity contribution in [3.8, 4) is 0 Å². The van der Waals surface area contributed by atoms with Crippen molar-refractivity contribution in [3.63, 3.8) is 0 Å². The van der Waals surface area contributed by atoms with Gasteiger partial charge in [0.15, 0.2) is 0 Å². The van der Waals surface area contributed by atoms with E-state index in [1.807, 2.05) is 60.7 Å². The lowest BCUT2D eigenvalue weighted by Crippen LogP contribution is -1.85. The maximum absolute atomic E-state index is 7.82. The number of hydrogen-bond acceptors (Lipinski definition) is 1. The molecule has 1 heteroatoms. The summed E-state index contributed by atoms with van der Waals surface area (Å²) in [5.74, 6) is 0.710. The first-order chi connectivity index (χ1) is 8.83. The zero-order valence-electron chi connectivity index (χ0n) is 10.3. The van der Waals surface area contributed by atoms with Crippen LogP contribution >= 0.6 is 0 Å². The van der Waals surface area contributed by atoms with Crippen LogP contribution in [-0.4, -0.2) is 0 Å². The van der Waals surface area contributed by atoms with E-state index in [-0.39, 0.29) is 6.24 Å². The molecule has 1 heterocycles. The average molecular weight is 221 g/mol. The van der Waals surface area contributed by atoms with Gasteiger partial charge in [-0.3, -0.25) is 0 Å². The Kier molecular flexibility index (Phi) is 2.23. The molecule has 3 rings (SSSR count). The van der Waals surface area contributed by atoms with E-state index in [9.17, 15) is 0 Å². The summed E-state index contributed by atoms with van der Waals surface area (Å²) in [4.78, 5) is 0. The van der Waals surface area contributed by atoms with Crippen molar-refractivity contribution in [1.82, 2.24) is 0 Å². The van der Waals surface area contributed by atoms with Crippen LogP contribution in [0.4, 0.5) is 0 Å². The van der Waals surface area contributed by atoms with E-state index in [0.29, 0.717) is 5.76 Å². The van der Waals surface area contributed by atoms with E-state index in [2.05, 4.69) is 0 Å². The fraction of sp³-hybridized carbons (Fsp3) is 0. The predicted molar refractivity (Wildman–Crippen MR) is 70.9 cm³/mol. The van der Waals surface area contributed by atoms with E-state index >= 15 is 0 Å². The Morgan fingerprint density at radius 3 is 2.35 bits per heavy atom. The van der Waals surface area contributed by atoms with Crippen LogP contribution < -0.4 is 0 Å². The Labute approximate surface area is 102 Å². The third kappa shape index (κ3) is 2.00. The normalized spacial score (nSPS) is 14.7. The Balaban J connectivity index is 2.14. The molecule has 0 amide bonds. The Morgan fingerprint density at radius 2 is 1.53 bits per heavy atom. The SMILES string of the molecule is [2H]C1=Cc2ccccc2C=C(c2ccccc2)O1. The molecule has 0 aromatic heterocycles. The van der Waals surface area contributed by atoms with Gasteiger partial charge in [-0.1, -0.05) is 54.6 Å². The Bertz CT molecular complexity index is 627. The molecule has 2 aromatic carbocycles. The molecule has 0 N–H and O–H groups in total. The first-order valence-electron chi connectivity index (χ1n) is 6.05. The lowest BCUT2D eigenvalue weighted by molar-refractivity contribution is 0.444. The molecule has 0 aliphatic carbocycles. The van der Waals surface area contributed by atoms with Gasteiger partial charge in [-0.15, -0.1) is 0 Å². The van der Waals surface area contributed by atoms with Crippen LogP contribution in [0, 0.1) is 0 Å². The fourth-order valence-corrected chi connectivity index (χ4v) is 1.85. The van der Waals surface area contributed by atoms with Gasteiger partial charge < -0.3 is 4.74 Å². The number of fused-ring (bicyclic) bond motifs is 1. The molecule has 82 valence electrons. The van der Waals surface area contributed by atoms with Gasteiger partial charge in [-0.05, 0) is 23.3 Å². The van der Waals surface area contributed by atoms with E-state index in [4.69, 9.17) is 6.11 Å². The van der Waals surface area contributed by atoms with Crippen LogP contribution in [0.3, 0.4) is 0 Å². The second kappa shape index (κ2) is 4.30. The number of hydrogen-bond donors (Lipinski definition) is 0. The number of ether oxygens (including phenoxy) is 1. The summed E-state index contributed by atoms with van der Waals surface area (Å²) in [6.07, 6.45) is 3.87. The zero-order chi connectivity index (χ0) is 12.4. The monoisotopic (exact) mass is 221 g/mol. The van der Waals surface area contributed by atoms with Crippen LogP contribution in [0.2, 0.25) is 0 Å². The number of benzene rings is 2. The van der Waals surface area contributed by atoms with E-state index < -0.39 is 0 Å². The van der Waals surface area contributed by atoms with Crippen molar-refractivity contribution >= 4 is 17.9 Å². The maximum atomic E-state index is 7.82. The van der Waals surface area contributed by atoms with Gasteiger partial charge in [-0.2, -0.15) is 0 Å². The van der Waals surface area contributed by atoms with Gasteiger partial charge in [0.25, 0.3) is 0 Å². The summed E-state index contributed by atoms with van der Waals surface area (Å²) in [5.41, 5.74) is 3.05. The van der Waals surface area contributed by atoms with E-state index in [1.165, 1.54) is 0 Å². The van der Waals surface area contributed by atoms with Crippen LogP contribution in [0.1, 0.15) is 18.1 Å². The van der Waals surface area contributed by atoms with Crippen molar-refractivity contribution in [1.29, 1.82) is 0 Å². The molecule has 1 aliphatic rings. The molecule has 1 aliphatic heterocycles. The maximum Gasteiger partial charge on any atom is 0.134 e. The molecule has 0 saturated heterocycles. The molecule has 2 aromatic rings. The minimum absolute atomic E-state index is 0.162. The smallest absolute Gasteiger partial charge is 0.134 e.